The molecule has 9 heteroatoms. The molecular formula is C23H23F3N4O2. The van der Waals surface area contributed by atoms with E-state index in [9.17, 15) is 23.1 Å². The minimum Gasteiger partial charge on any atom is -0.390 e. The summed E-state index contributed by atoms with van der Waals surface area (Å²) in [6.07, 6.45) is -2.32. The molecule has 1 heterocycles. The molecule has 2 aromatic carbocycles. The van der Waals surface area contributed by atoms with Gasteiger partial charge in [-0.2, -0.15) is 13.2 Å². The molecule has 0 bridgehead atoms. The molecule has 0 aliphatic heterocycles. The molecule has 1 atom stereocenters. The number of nitrogens with one attached hydrogen (secondary N) is 3. The Bertz CT molecular complexity index is 1140. The highest BCUT2D eigenvalue weighted by molar-refractivity contribution is 5.86. The number of benzene rings is 2. The molecule has 1 aromatic heterocycles. The average Bonchev–Trinajstić information content (AvgIpc) is 2.77. The number of aliphatic hydroxyl groups excluding tert-OH is 1. The third kappa shape index (κ3) is 5.43. The number of hydrogen-bond acceptors (Lipinski definition) is 5. The normalized spacial score (nSPS) is 12.4. The third-order valence-corrected chi connectivity index (χ3v) is 4.90. The first-order chi connectivity index (χ1) is 15.2. The van der Waals surface area contributed by atoms with Crippen LogP contribution in [0.4, 0.5) is 18.9 Å². The van der Waals surface area contributed by atoms with Crippen LogP contribution in [0.1, 0.15) is 11.1 Å². The van der Waals surface area contributed by atoms with E-state index >= 15 is 0 Å². The fraction of sp³-hybridized carbons (Fsp3) is 0.217. The van der Waals surface area contributed by atoms with Crippen molar-refractivity contribution in [2.24, 2.45) is 0 Å². The zero-order chi connectivity index (χ0) is 23.3. The lowest BCUT2D eigenvalue weighted by Crippen LogP contribution is -2.30. The first kappa shape index (κ1) is 23.2. The Morgan fingerprint density at radius 3 is 2.38 bits per heavy atom. The number of aromatic nitrogens is 1. The van der Waals surface area contributed by atoms with Crippen LogP contribution in [-0.4, -0.2) is 42.1 Å². The van der Waals surface area contributed by atoms with Crippen molar-refractivity contribution in [1.29, 1.82) is 5.41 Å². The fourth-order valence-electron chi connectivity index (χ4n) is 3.24. The maximum Gasteiger partial charge on any atom is 0.416 e. The van der Waals surface area contributed by atoms with E-state index in [1.807, 2.05) is 0 Å². The quantitative estimate of drug-likeness (QED) is 0.400. The van der Waals surface area contributed by atoms with Crippen LogP contribution < -0.4 is 16.2 Å². The predicted molar refractivity (Wildman–Crippen MR) is 119 cm³/mol. The van der Waals surface area contributed by atoms with E-state index in [1.165, 1.54) is 22.8 Å². The number of rotatable bonds is 8. The van der Waals surface area contributed by atoms with Gasteiger partial charge in [0.05, 0.1) is 11.7 Å². The largest absolute Gasteiger partial charge is 0.416 e. The van der Waals surface area contributed by atoms with E-state index in [-0.39, 0.29) is 5.56 Å². The number of aliphatic hydroxyl groups is 1. The van der Waals surface area contributed by atoms with Gasteiger partial charge in [-0.15, -0.1) is 0 Å². The van der Waals surface area contributed by atoms with Gasteiger partial charge in [-0.3, -0.25) is 9.36 Å². The van der Waals surface area contributed by atoms with Crippen molar-refractivity contribution in [3.05, 3.63) is 82.3 Å². The summed E-state index contributed by atoms with van der Waals surface area (Å²) < 4.78 is 39.6. The lowest BCUT2D eigenvalue weighted by atomic mass is 10.0. The SMILES string of the molecule is CNC[C@@H](O)CNc1ccc(-n2ccc(-c3ccc(C(F)(F)F)cc3)cc2=O)cc1C=N. The first-order valence-corrected chi connectivity index (χ1v) is 9.84. The minimum absolute atomic E-state index is 0.294. The maximum atomic E-state index is 12.8. The molecule has 0 amide bonds. The molecule has 0 fully saturated rings. The number of anilines is 1. The van der Waals surface area contributed by atoms with Crippen molar-refractivity contribution < 1.29 is 18.3 Å². The lowest BCUT2D eigenvalue weighted by Gasteiger charge is -2.15. The molecule has 3 rings (SSSR count). The molecule has 3 aromatic rings. The first-order valence-electron chi connectivity index (χ1n) is 9.84. The average molecular weight is 444 g/mol. The van der Waals surface area contributed by atoms with Crippen molar-refractivity contribution in [3.8, 4) is 16.8 Å². The molecule has 6 nitrogen and oxygen atoms in total. The van der Waals surface area contributed by atoms with E-state index in [4.69, 9.17) is 5.41 Å². The summed E-state index contributed by atoms with van der Waals surface area (Å²) in [6.45, 7) is 0.717. The van der Waals surface area contributed by atoms with Gasteiger partial charge in [0.2, 0.25) is 0 Å². The van der Waals surface area contributed by atoms with Crippen molar-refractivity contribution in [2.45, 2.75) is 12.3 Å². The number of halogens is 3. The van der Waals surface area contributed by atoms with Gasteiger partial charge >= 0.3 is 6.18 Å². The van der Waals surface area contributed by atoms with Gasteiger partial charge in [-0.1, -0.05) is 12.1 Å². The zero-order valence-electron chi connectivity index (χ0n) is 17.3. The van der Waals surface area contributed by atoms with Gasteiger partial charge in [0.15, 0.2) is 0 Å². The fourth-order valence-corrected chi connectivity index (χ4v) is 3.24. The Morgan fingerprint density at radius 2 is 1.78 bits per heavy atom. The highest BCUT2D eigenvalue weighted by Gasteiger charge is 2.29. The highest BCUT2D eigenvalue weighted by atomic mass is 19.4. The molecule has 32 heavy (non-hydrogen) atoms. The molecular weight excluding hydrogens is 421 g/mol. The number of pyridine rings is 1. The summed E-state index contributed by atoms with van der Waals surface area (Å²) in [6, 6.07) is 12.7. The van der Waals surface area contributed by atoms with E-state index in [1.54, 1.807) is 37.5 Å². The van der Waals surface area contributed by atoms with Gasteiger partial charge in [-0.05, 0) is 54.6 Å². The van der Waals surface area contributed by atoms with E-state index in [0.717, 1.165) is 18.3 Å². The molecule has 0 aliphatic rings. The second-order valence-electron chi connectivity index (χ2n) is 7.21. The summed E-state index contributed by atoms with van der Waals surface area (Å²) in [5, 5.41) is 23.5. The van der Waals surface area contributed by atoms with Gasteiger partial charge < -0.3 is 21.1 Å². The summed E-state index contributed by atoms with van der Waals surface area (Å²) in [5.41, 5.74) is 1.62. The highest BCUT2D eigenvalue weighted by Crippen LogP contribution is 2.30. The van der Waals surface area contributed by atoms with E-state index in [2.05, 4.69) is 10.6 Å². The molecule has 0 unspecified atom stereocenters. The number of alkyl halides is 3. The Morgan fingerprint density at radius 1 is 1.06 bits per heavy atom. The molecule has 0 aliphatic carbocycles. The second-order valence-corrected chi connectivity index (χ2v) is 7.21. The predicted octanol–water partition coefficient (Wildman–Crippen LogP) is 3.51. The number of hydrogen-bond donors (Lipinski definition) is 4. The molecule has 0 saturated heterocycles. The van der Waals surface area contributed by atoms with Crippen molar-refractivity contribution in [1.82, 2.24) is 9.88 Å². The Hall–Kier alpha value is -3.43. The number of nitrogens with zero attached hydrogens (tertiary/aromatic N) is 1. The van der Waals surface area contributed by atoms with Crippen LogP contribution >= 0.6 is 0 Å². The van der Waals surface area contributed by atoms with Crippen LogP contribution in [0.3, 0.4) is 0 Å². The zero-order valence-corrected chi connectivity index (χ0v) is 17.3. The Balaban J connectivity index is 1.84. The summed E-state index contributed by atoms with van der Waals surface area (Å²) in [5.74, 6) is 0. The standard InChI is InChI=1S/C23H23F3N4O2/c1-28-13-20(31)14-29-21-7-6-19(10-17(21)12-27)30-9-8-16(11-22(30)32)15-2-4-18(5-3-15)23(24,25)26/h2-12,20,27-29,31H,13-14H2,1H3/t20-/m1/s1. The number of likely N-dealkylation sites (N-methyl/N-ethyl adjacent to an activating group) is 1. The van der Waals surface area contributed by atoms with Crippen molar-refractivity contribution >= 4 is 11.9 Å². The van der Waals surface area contributed by atoms with Crippen LogP contribution in [0.5, 0.6) is 0 Å². The van der Waals surface area contributed by atoms with E-state index in [0.29, 0.717) is 41.2 Å². The molecule has 4 N–H and O–H groups in total. The molecule has 168 valence electrons. The van der Waals surface area contributed by atoms with Gasteiger partial charge in [-0.25, -0.2) is 0 Å². The maximum absolute atomic E-state index is 12.8. The van der Waals surface area contributed by atoms with Crippen LogP contribution in [0.2, 0.25) is 0 Å². The molecule has 0 saturated carbocycles. The van der Waals surface area contributed by atoms with Gasteiger partial charge in [0.25, 0.3) is 5.56 Å². The lowest BCUT2D eigenvalue weighted by molar-refractivity contribution is -0.137. The van der Waals surface area contributed by atoms with Crippen molar-refractivity contribution in [2.75, 3.05) is 25.5 Å². The third-order valence-electron chi connectivity index (χ3n) is 4.90. The minimum atomic E-state index is -4.42. The van der Waals surface area contributed by atoms with Crippen LogP contribution in [0.25, 0.3) is 16.8 Å². The Labute approximate surface area is 182 Å². The molecule has 0 spiro atoms. The summed E-state index contributed by atoms with van der Waals surface area (Å²) in [4.78, 5) is 12.7. The van der Waals surface area contributed by atoms with Crippen LogP contribution in [0.15, 0.2) is 65.6 Å². The van der Waals surface area contributed by atoms with Gasteiger partial charge in [0.1, 0.15) is 0 Å². The van der Waals surface area contributed by atoms with Crippen LogP contribution in [0, 0.1) is 5.41 Å². The molecule has 0 radical (unpaired) electrons. The topological polar surface area (TPSA) is 90.1 Å². The van der Waals surface area contributed by atoms with Crippen LogP contribution in [-0.2, 0) is 6.18 Å². The Kier molecular flexibility index (Phi) is 7.12. The second kappa shape index (κ2) is 9.80. The monoisotopic (exact) mass is 444 g/mol. The summed E-state index contributed by atoms with van der Waals surface area (Å²) >= 11 is 0. The smallest absolute Gasteiger partial charge is 0.390 e. The van der Waals surface area contributed by atoms with E-state index < -0.39 is 17.8 Å². The van der Waals surface area contributed by atoms with Gasteiger partial charge in [0, 0.05) is 48.5 Å². The van der Waals surface area contributed by atoms with Crippen molar-refractivity contribution in [3.63, 3.8) is 0 Å². The summed E-state index contributed by atoms with van der Waals surface area (Å²) in [7, 11) is 1.74.